The molecular formula is C21H20N4O. The Kier molecular flexibility index (Phi) is 3.72. The molecule has 2 aromatic carbocycles. The predicted molar refractivity (Wildman–Crippen MR) is 102 cm³/mol. The van der Waals surface area contributed by atoms with Crippen molar-refractivity contribution in [1.82, 2.24) is 15.6 Å². The number of H-pyrrole nitrogens is 1. The molecule has 26 heavy (non-hydrogen) atoms. The maximum atomic E-state index is 12.5. The van der Waals surface area contributed by atoms with Crippen LogP contribution in [0, 0.1) is 0 Å². The summed E-state index contributed by atoms with van der Waals surface area (Å²) in [7, 11) is 0. The molecule has 0 aliphatic heterocycles. The van der Waals surface area contributed by atoms with Gasteiger partial charge in [-0.05, 0) is 17.2 Å². The van der Waals surface area contributed by atoms with Gasteiger partial charge in [0.25, 0.3) is 5.91 Å². The van der Waals surface area contributed by atoms with Crippen LogP contribution in [-0.2, 0) is 5.41 Å². The van der Waals surface area contributed by atoms with Gasteiger partial charge in [-0.25, -0.2) is 5.43 Å². The largest absolute Gasteiger partial charge is 0.291 e. The van der Waals surface area contributed by atoms with Gasteiger partial charge in [-0.3, -0.25) is 9.89 Å². The molecule has 0 radical (unpaired) electrons. The third-order valence-corrected chi connectivity index (χ3v) is 4.54. The number of aromatic nitrogens is 2. The van der Waals surface area contributed by atoms with Crippen LogP contribution < -0.4 is 5.43 Å². The highest BCUT2D eigenvalue weighted by Gasteiger charge is 2.25. The minimum atomic E-state index is -0.328. The summed E-state index contributed by atoms with van der Waals surface area (Å²) in [4.78, 5) is 12.5. The van der Waals surface area contributed by atoms with E-state index in [1.165, 1.54) is 0 Å². The minimum Gasteiger partial charge on any atom is -0.281 e. The first-order valence-electron chi connectivity index (χ1n) is 8.58. The number of carbonyl (C=O) groups is 1. The smallest absolute Gasteiger partial charge is 0.281 e. The van der Waals surface area contributed by atoms with Crippen LogP contribution >= 0.6 is 0 Å². The first kappa shape index (κ1) is 16.3. The molecule has 0 saturated heterocycles. The molecule has 0 spiro atoms. The van der Waals surface area contributed by atoms with Crippen molar-refractivity contribution < 1.29 is 4.79 Å². The van der Waals surface area contributed by atoms with E-state index in [0.717, 1.165) is 33.7 Å². The molecule has 0 fully saturated rings. The fraction of sp³-hybridized carbons (Fsp3) is 0.190. The zero-order chi connectivity index (χ0) is 18.3. The van der Waals surface area contributed by atoms with Gasteiger partial charge in [-0.2, -0.15) is 10.2 Å². The quantitative estimate of drug-likeness (QED) is 0.542. The van der Waals surface area contributed by atoms with Gasteiger partial charge >= 0.3 is 0 Å². The Labute approximate surface area is 152 Å². The standard InChI is InChI=1S/C21H20N4O/c1-21(2,3)18-12-17(22-23-18)20(26)25-24-19-15-10-6-4-8-13(15)14-9-5-7-11-16(14)19/h4-12H,1-3H3,(H,22,23)(H,25,26). The van der Waals surface area contributed by atoms with E-state index < -0.39 is 0 Å². The lowest BCUT2D eigenvalue weighted by Gasteiger charge is -2.14. The van der Waals surface area contributed by atoms with E-state index in [9.17, 15) is 4.79 Å². The molecule has 0 saturated carbocycles. The predicted octanol–water partition coefficient (Wildman–Crippen LogP) is 3.87. The van der Waals surface area contributed by atoms with E-state index in [4.69, 9.17) is 0 Å². The average Bonchev–Trinajstić information content (AvgIpc) is 3.23. The second-order valence-corrected chi connectivity index (χ2v) is 7.41. The highest BCUT2D eigenvalue weighted by molar-refractivity contribution is 6.24. The van der Waals surface area contributed by atoms with E-state index in [1.807, 2.05) is 36.4 Å². The van der Waals surface area contributed by atoms with Gasteiger partial charge in [0.15, 0.2) is 5.69 Å². The number of rotatable bonds is 2. The highest BCUT2D eigenvalue weighted by Crippen LogP contribution is 2.36. The fourth-order valence-corrected chi connectivity index (χ4v) is 3.10. The Bertz CT molecular complexity index is 977. The van der Waals surface area contributed by atoms with E-state index in [2.05, 4.69) is 53.6 Å². The zero-order valence-electron chi connectivity index (χ0n) is 15.0. The van der Waals surface area contributed by atoms with E-state index in [0.29, 0.717) is 5.69 Å². The Morgan fingerprint density at radius 3 is 2.00 bits per heavy atom. The van der Waals surface area contributed by atoms with E-state index >= 15 is 0 Å². The van der Waals surface area contributed by atoms with Crippen molar-refractivity contribution in [2.24, 2.45) is 5.10 Å². The van der Waals surface area contributed by atoms with Gasteiger partial charge in [-0.1, -0.05) is 69.3 Å². The highest BCUT2D eigenvalue weighted by atomic mass is 16.2. The molecule has 5 nitrogen and oxygen atoms in total. The number of benzene rings is 2. The lowest BCUT2D eigenvalue weighted by molar-refractivity contribution is 0.0950. The zero-order valence-corrected chi connectivity index (χ0v) is 15.0. The van der Waals surface area contributed by atoms with Crippen molar-refractivity contribution in [3.05, 3.63) is 77.1 Å². The molecule has 1 aliphatic carbocycles. The van der Waals surface area contributed by atoms with Crippen LogP contribution in [0.5, 0.6) is 0 Å². The van der Waals surface area contributed by atoms with Gasteiger partial charge in [0.1, 0.15) is 0 Å². The van der Waals surface area contributed by atoms with Gasteiger partial charge in [0, 0.05) is 22.2 Å². The van der Waals surface area contributed by atoms with Crippen molar-refractivity contribution in [3.8, 4) is 11.1 Å². The molecule has 1 aromatic heterocycles. The lowest BCUT2D eigenvalue weighted by Crippen LogP contribution is -2.20. The van der Waals surface area contributed by atoms with Crippen molar-refractivity contribution in [3.63, 3.8) is 0 Å². The van der Waals surface area contributed by atoms with Crippen molar-refractivity contribution in [2.75, 3.05) is 0 Å². The molecule has 5 heteroatoms. The maximum Gasteiger partial charge on any atom is 0.291 e. The number of hydrazone groups is 1. The number of aromatic amines is 1. The first-order chi connectivity index (χ1) is 12.4. The Hall–Kier alpha value is -3.21. The molecule has 130 valence electrons. The van der Waals surface area contributed by atoms with Crippen molar-refractivity contribution in [2.45, 2.75) is 26.2 Å². The summed E-state index contributed by atoms with van der Waals surface area (Å²) in [6.07, 6.45) is 0. The second kappa shape index (κ2) is 5.95. The van der Waals surface area contributed by atoms with Crippen LogP contribution in [0.25, 0.3) is 11.1 Å². The van der Waals surface area contributed by atoms with Crippen LogP contribution in [0.4, 0.5) is 0 Å². The van der Waals surface area contributed by atoms with Gasteiger partial charge < -0.3 is 0 Å². The SMILES string of the molecule is CC(C)(C)c1cc(C(=O)NN=C2c3ccccc3-c3ccccc32)n[nH]1. The monoisotopic (exact) mass is 344 g/mol. The van der Waals surface area contributed by atoms with Gasteiger partial charge in [0.2, 0.25) is 0 Å². The van der Waals surface area contributed by atoms with Crippen molar-refractivity contribution in [1.29, 1.82) is 0 Å². The Morgan fingerprint density at radius 2 is 1.50 bits per heavy atom. The summed E-state index contributed by atoms with van der Waals surface area (Å²) in [5.41, 5.74) is 8.87. The molecule has 2 N–H and O–H groups in total. The Balaban J connectivity index is 1.65. The number of amides is 1. The van der Waals surface area contributed by atoms with Crippen LogP contribution in [0.1, 0.15) is 48.1 Å². The van der Waals surface area contributed by atoms with Crippen LogP contribution in [0.15, 0.2) is 59.7 Å². The first-order valence-corrected chi connectivity index (χ1v) is 8.58. The average molecular weight is 344 g/mol. The van der Waals surface area contributed by atoms with E-state index in [-0.39, 0.29) is 11.3 Å². The number of nitrogens with zero attached hydrogens (tertiary/aromatic N) is 2. The van der Waals surface area contributed by atoms with Gasteiger partial charge in [0.05, 0.1) is 5.71 Å². The third kappa shape index (κ3) is 2.71. The molecule has 1 heterocycles. The number of fused-ring (bicyclic) bond motifs is 3. The topological polar surface area (TPSA) is 70.1 Å². The molecule has 0 bridgehead atoms. The van der Waals surface area contributed by atoms with E-state index in [1.54, 1.807) is 6.07 Å². The van der Waals surface area contributed by atoms with Gasteiger partial charge in [-0.15, -0.1) is 0 Å². The van der Waals surface area contributed by atoms with Crippen LogP contribution in [0.3, 0.4) is 0 Å². The summed E-state index contributed by atoms with van der Waals surface area (Å²) in [6.45, 7) is 6.19. The number of carbonyl (C=O) groups excluding carboxylic acids is 1. The summed E-state index contributed by atoms with van der Waals surface area (Å²) in [5, 5.41) is 11.5. The molecule has 1 aliphatic rings. The normalized spacial score (nSPS) is 12.5. The number of hydrogen-bond donors (Lipinski definition) is 2. The minimum absolute atomic E-state index is 0.0965. The number of nitrogens with one attached hydrogen (secondary N) is 2. The third-order valence-electron chi connectivity index (χ3n) is 4.54. The lowest BCUT2D eigenvalue weighted by atomic mass is 9.92. The summed E-state index contributed by atoms with van der Waals surface area (Å²) in [6, 6.07) is 17.9. The molecule has 4 rings (SSSR count). The second-order valence-electron chi connectivity index (χ2n) is 7.41. The number of hydrogen-bond acceptors (Lipinski definition) is 3. The summed E-state index contributed by atoms with van der Waals surface area (Å²) >= 11 is 0. The van der Waals surface area contributed by atoms with Crippen LogP contribution in [0.2, 0.25) is 0 Å². The Morgan fingerprint density at radius 1 is 0.962 bits per heavy atom. The van der Waals surface area contributed by atoms with Crippen molar-refractivity contribution >= 4 is 11.6 Å². The molecule has 3 aromatic rings. The fourth-order valence-electron chi connectivity index (χ4n) is 3.10. The summed E-state index contributed by atoms with van der Waals surface area (Å²) in [5.74, 6) is -0.328. The molecule has 1 amide bonds. The summed E-state index contributed by atoms with van der Waals surface area (Å²) < 4.78 is 0. The molecule has 0 atom stereocenters. The maximum absolute atomic E-state index is 12.5. The van der Waals surface area contributed by atoms with Crippen LogP contribution in [-0.4, -0.2) is 21.8 Å². The molecular weight excluding hydrogens is 324 g/mol. The molecule has 0 unspecified atom stereocenters.